The summed E-state index contributed by atoms with van der Waals surface area (Å²) in [4.78, 5) is 38.1. The van der Waals surface area contributed by atoms with Crippen molar-refractivity contribution in [2.75, 3.05) is 20.2 Å². The van der Waals surface area contributed by atoms with E-state index >= 15 is 0 Å². The highest BCUT2D eigenvalue weighted by molar-refractivity contribution is 5.90. The van der Waals surface area contributed by atoms with Crippen molar-refractivity contribution in [3.63, 3.8) is 0 Å². The number of hydrogen-bond donors (Lipinski definition) is 2. The van der Waals surface area contributed by atoms with Crippen molar-refractivity contribution in [3.05, 3.63) is 29.8 Å². The molecule has 0 aromatic heterocycles. The van der Waals surface area contributed by atoms with Crippen molar-refractivity contribution >= 4 is 17.8 Å². The van der Waals surface area contributed by atoms with Gasteiger partial charge in [0.15, 0.2) is 0 Å². The van der Waals surface area contributed by atoms with E-state index in [1.807, 2.05) is 24.3 Å². The number of carboxylic acid groups (broad SMARTS) is 1. The van der Waals surface area contributed by atoms with Crippen molar-refractivity contribution < 1.29 is 24.2 Å². The van der Waals surface area contributed by atoms with Crippen LogP contribution in [0.3, 0.4) is 0 Å². The highest BCUT2D eigenvalue weighted by Crippen LogP contribution is 2.39. The van der Waals surface area contributed by atoms with Gasteiger partial charge in [0.2, 0.25) is 11.8 Å². The van der Waals surface area contributed by atoms with Gasteiger partial charge in [0.05, 0.1) is 19.1 Å². The molecule has 1 aromatic rings. The number of aliphatic carboxylic acids is 1. The maximum absolute atomic E-state index is 12.8. The zero-order valence-electron chi connectivity index (χ0n) is 16.8. The number of nitrogens with zero attached hydrogens (tertiary/aromatic N) is 1. The van der Waals surface area contributed by atoms with E-state index in [9.17, 15) is 14.4 Å². The topological polar surface area (TPSA) is 95.9 Å². The third kappa shape index (κ3) is 5.47. The van der Waals surface area contributed by atoms with Crippen LogP contribution in [0.15, 0.2) is 24.3 Å². The molecule has 3 unspecified atom stereocenters. The Morgan fingerprint density at radius 1 is 1.32 bits per heavy atom. The minimum absolute atomic E-state index is 0.00554. The number of carboxylic acids is 1. The van der Waals surface area contributed by atoms with Crippen molar-refractivity contribution in [1.29, 1.82) is 0 Å². The number of methoxy groups -OCH3 is 1. The summed E-state index contributed by atoms with van der Waals surface area (Å²) in [6.07, 6.45) is 2.00. The lowest BCUT2D eigenvalue weighted by Crippen LogP contribution is -2.38. The molecule has 1 aliphatic rings. The Hall–Kier alpha value is -2.57. The second kappa shape index (κ2) is 10.1. The SMILES string of the molecule is CCCCN1C(=O)CC(C(=O)NCC(C)CC(=O)O)C1c1ccc(OC)cc1. The largest absolute Gasteiger partial charge is 0.497 e. The standard InChI is InChI=1S/C21H30N2O5/c1-4-5-10-23-18(24)12-17(21(27)22-13-14(2)11-19(25)26)20(23)15-6-8-16(28-3)9-7-15/h6-9,14,17,20H,4-5,10-13H2,1-3H3,(H,22,27)(H,25,26). The first kappa shape index (κ1) is 21.7. The van der Waals surface area contributed by atoms with Crippen LogP contribution in [0.5, 0.6) is 5.75 Å². The maximum Gasteiger partial charge on any atom is 0.303 e. The Morgan fingerprint density at radius 2 is 2.00 bits per heavy atom. The highest BCUT2D eigenvalue weighted by Gasteiger charge is 2.44. The predicted octanol–water partition coefficient (Wildman–Crippen LogP) is 2.61. The molecule has 1 aliphatic heterocycles. The predicted molar refractivity (Wildman–Crippen MR) is 105 cm³/mol. The van der Waals surface area contributed by atoms with Gasteiger partial charge in [-0.3, -0.25) is 14.4 Å². The molecule has 7 nitrogen and oxygen atoms in total. The zero-order valence-corrected chi connectivity index (χ0v) is 16.8. The fourth-order valence-corrected chi connectivity index (χ4v) is 3.61. The first-order chi connectivity index (χ1) is 13.4. The van der Waals surface area contributed by atoms with Crippen LogP contribution in [0, 0.1) is 11.8 Å². The van der Waals surface area contributed by atoms with Crippen LogP contribution in [0.2, 0.25) is 0 Å². The molecule has 0 saturated carbocycles. The van der Waals surface area contributed by atoms with Gasteiger partial charge in [0.1, 0.15) is 5.75 Å². The molecule has 7 heteroatoms. The lowest BCUT2D eigenvalue weighted by atomic mass is 9.92. The number of hydrogen-bond acceptors (Lipinski definition) is 4. The molecule has 2 N–H and O–H groups in total. The minimum Gasteiger partial charge on any atom is -0.497 e. The van der Waals surface area contributed by atoms with Crippen molar-refractivity contribution in [2.45, 2.75) is 45.6 Å². The quantitative estimate of drug-likeness (QED) is 0.640. The monoisotopic (exact) mass is 390 g/mol. The van der Waals surface area contributed by atoms with Crippen LogP contribution in [-0.2, 0) is 14.4 Å². The summed E-state index contributed by atoms with van der Waals surface area (Å²) in [5, 5.41) is 11.7. The minimum atomic E-state index is -0.889. The van der Waals surface area contributed by atoms with Crippen LogP contribution in [0.25, 0.3) is 0 Å². The molecular formula is C21H30N2O5. The second-order valence-electron chi connectivity index (χ2n) is 7.42. The van der Waals surface area contributed by atoms with Crippen LogP contribution in [0.1, 0.15) is 51.1 Å². The van der Waals surface area contributed by atoms with Gasteiger partial charge in [0, 0.05) is 25.9 Å². The smallest absolute Gasteiger partial charge is 0.303 e. The summed E-state index contributed by atoms with van der Waals surface area (Å²) in [5.41, 5.74) is 0.904. The summed E-state index contributed by atoms with van der Waals surface area (Å²) < 4.78 is 5.21. The van der Waals surface area contributed by atoms with Gasteiger partial charge >= 0.3 is 5.97 Å². The van der Waals surface area contributed by atoms with E-state index in [1.54, 1.807) is 18.9 Å². The van der Waals surface area contributed by atoms with Gasteiger partial charge in [-0.1, -0.05) is 32.4 Å². The number of benzene rings is 1. The Labute approximate surface area is 166 Å². The number of nitrogens with one attached hydrogen (secondary N) is 1. The third-order valence-electron chi connectivity index (χ3n) is 5.13. The lowest BCUT2D eigenvalue weighted by molar-refractivity contribution is -0.138. The molecule has 1 saturated heterocycles. The lowest BCUT2D eigenvalue weighted by Gasteiger charge is -2.28. The Bertz CT molecular complexity index is 689. The van der Waals surface area contributed by atoms with Crippen molar-refractivity contribution in [3.8, 4) is 5.75 Å². The molecule has 28 heavy (non-hydrogen) atoms. The average molecular weight is 390 g/mol. The Kier molecular flexibility index (Phi) is 7.84. The van der Waals surface area contributed by atoms with Crippen LogP contribution >= 0.6 is 0 Å². The summed E-state index contributed by atoms with van der Waals surface area (Å²) in [7, 11) is 1.59. The van der Waals surface area contributed by atoms with E-state index in [4.69, 9.17) is 9.84 Å². The first-order valence-electron chi connectivity index (χ1n) is 9.80. The van der Waals surface area contributed by atoms with E-state index in [0.717, 1.165) is 24.2 Å². The molecule has 1 aromatic carbocycles. The molecular weight excluding hydrogens is 360 g/mol. The van der Waals surface area contributed by atoms with Gasteiger partial charge in [-0.25, -0.2) is 0 Å². The van der Waals surface area contributed by atoms with E-state index in [0.29, 0.717) is 6.54 Å². The third-order valence-corrected chi connectivity index (χ3v) is 5.13. The number of ether oxygens (including phenoxy) is 1. The fourth-order valence-electron chi connectivity index (χ4n) is 3.61. The van der Waals surface area contributed by atoms with Gasteiger partial charge in [-0.2, -0.15) is 0 Å². The number of unbranched alkanes of at least 4 members (excludes halogenated alkanes) is 1. The average Bonchev–Trinajstić information content (AvgIpc) is 3.00. The number of rotatable bonds is 10. The molecule has 0 bridgehead atoms. The molecule has 2 amide bonds. The second-order valence-corrected chi connectivity index (χ2v) is 7.42. The molecule has 0 aliphatic carbocycles. The molecule has 0 radical (unpaired) electrons. The summed E-state index contributed by atoms with van der Waals surface area (Å²) in [5.74, 6) is -1.06. The molecule has 154 valence electrons. The van der Waals surface area contributed by atoms with Gasteiger partial charge < -0.3 is 20.1 Å². The highest BCUT2D eigenvalue weighted by atomic mass is 16.5. The first-order valence-corrected chi connectivity index (χ1v) is 9.80. The summed E-state index contributed by atoms with van der Waals surface area (Å²) in [6, 6.07) is 7.14. The Balaban J connectivity index is 2.18. The number of carbonyl (C=O) groups is 3. The van der Waals surface area contributed by atoms with Gasteiger partial charge in [0.25, 0.3) is 0 Å². The van der Waals surface area contributed by atoms with E-state index in [2.05, 4.69) is 12.2 Å². The Morgan fingerprint density at radius 3 is 2.57 bits per heavy atom. The summed E-state index contributed by atoms with van der Waals surface area (Å²) in [6.45, 7) is 4.74. The molecule has 0 spiro atoms. The zero-order chi connectivity index (χ0) is 20.7. The normalized spacial score (nSPS) is 20.1. The molecule has 1 fully saturated rings. The van der Waals surface area contributed by atoms with Crippen molar-refractivity contribution in [1.82, 2.24) is 10.2 Å². The van der Waals surface area contributed by atoms with Crippen LogP contribution in [-0.4, -0.2) is 48.0 Å². The van der Waals surface area contributed by atoms with Gasteiger partial charge in [-0.15, -0.1) is 0 Å². The van der Waals surface area contributed by atoms with E-state index < -0.39 is 11.9 Å². The number of likely N-dealkylation sites (tertiary alicyclic amines) is 1. The molecule has 3 atom stereocenters. The van der Waals surface area contributed by atoms with E-state index in [-0.39, 0.29) is 43.2 Å². The maximum atomic E-state index is 12.8. The van der Waals surface area contributed by atoms with Crippen LogP contribution < -0.4 is 10.1 Å². The van der Waals surface area contributed by atoms with Gasteiger partial charge in [-0.05, 0) is 30.0 Å². The number of amides is 2. The molecule has 1 heterocycles. The number of carbonyl (C=O) groups excluding carboxylic acids is 2. The van der Waals surface area contributed by atoms with Crippen LogP contribution in [0.4, 0.5) is 0 Å². The van der Waals surface area contributed by atoms with E-state index in [1.165, 1.54) is 0 Å². The molecule has 2 rings (SSSR count). The fraction of sp³-hybridized carbons (Fsp3) is 0.571. The summed E-state index contributed by atoms with van der Waals surface area (Å²) >= 11 is 0. The van der Waals surface area contributed by atoms with Crippen molar-refractivity contribution in [2.24, 2.45) is 11.8 Å².